The fraction of sp³-hybridized carbons (Fsp3) is 0.375. The number of rotatable bonds is 5. The van der Waals surface area contributed by atoms with Crippen LogP contribution in [0.1, 0.15) is 31.7 Å². The van der Waals surface area contributed by atoms with Gasteiger partial charge in [-0.15, -0.1) is 0 Å². The molecule has 1 heterocycles. The molecule has 4 heteroatoms. The smallest absolute Gasteiger partial charge is 0.131 e. The Hall–Kier alpha value is -2.10. The summed E-state index contributed by atoms with van der Waals surface area (Å²) in [7, 11) is 0. The van der Waals surface area contributed by atoms with E-state index in [2.05, 4.69) is 16.9 Å². The molecule has 0 aliphatic rings. The Labute approximate surface area is 120 Å². The summed E-state index contributed by atoms with van der Waals surface area (Å²) in [5.41, 5.74) is 8.76. The van der Waals surface area contributed by atoms with E-state index >= 15 is 0 Å². The van der Waals surface area contributed by atoms with Crippen LogP contribution in [-0.4, -0.2) is 16.6 Å². The lowest BCUT2D eigenvalue weighted by Crippen LogP contribution is -2.05. The van der Waals surface area contributed by atoms with Crippen molar-refractivity contribution in [2.45, 2.75) is 33.6 Å². The van der Waals surface area contributed by atoms with E-state index in [4.69, 9.17) is 10.5 Å². The second-order valence-electron chi connectivity index (χ2n) is 4.68. The molecule has 2 aromatic rings. The highest BCUT2D eigenvalue weighted by molar-refractivity contribution is 5.72. The molecule has 0 radical (unpaired) electrons. The van der Waals surface area contributed by atoms with Gasteiger partial charge in [-0.25, -0.2) is 9.97 Å². The molecule has 0 atom stereocenters. The Morgan fingerprint density at radius 3 is 2.60 bits per heavy atom. The molecule has 0 aliphatic heterocycles. The molecule has 0 aliphatic carbocycles. The van der Waals surface area contributed by atoms with Gasteiger partial charge in [0, 0.05) is 17.5 Å². The summed E-state index contributed by atoms with van der Waals surface area (Å²) in [6.45, 7) is 6.65. The van der Waals surface area contributed by atoms with Crippen LogP contribution in [0.15, 0.2) is 24.3 Å². The van der Waals surface area contributed by atoms with Crippen molar-refractivity contribution in [2.24, 2.45) is 0 Å². The number of hydrogen-bond acceptors (Lipinski definition) is 4. The highest BCUT2D eigenvalue weighted by atomic mass is 16.5. The van der Waals surface area contributed by atoms with E-state index in [-0.39, 0.29) is 0 Å². The van der Waals surface area contributed by atoms with Gasteiger partial charge >= 0.3 is 0 Å². The van der Waals surface area contributed by atoms with Gasteiger partial charge in [-0.2, -0.15) is 0 Å². The zero-order valence-electron chi connectivity index (χ0n) is 12.3. The van der Waals surface area contributed by atoms with Crippen molar-refractivity contribution < 1.29 is 4.74 Å². The predicted octanol–water partition coefficient (Wildman–Crippen LogP) is 3.39. The summed E-state index contributed by atoms with van der Waals surface area (Å²) in [6.07, 6.45) is 1.82. The number of nitrogen functional groups attached to an aromatic ring is 1. The third kappa shape index (κ3) is 2.90. The minimum atomic E-state index is 0.546. The normalized spacial score (nSPS) is 10.6. The first-order valence-electron chi connectivity index (χ1n) is 7.02. The fourth-order valence-electron chi connectivity index (χ4n) is 2.12. The maximum absolute atomic E-state index is 6.02. The van der Waals surface area contributed by atoms with Gasteiger partial charge < -0.3 is 10.5 Å². The van der Waals surface area contributed by atoms with Crippen LogP contribution < -0.4 is 10.5 Å². The van der Waals surface area contributed by atoms with Crippen molar-refractivity contribution in [3.8, 4) is 17.0 Å². The van der Waals surface area contributed by atoms with Gasteiger partial charge in [0.1, 0.15) is 17.4 Å². The summed E-state index contributed by atoms with van der Waals surface area (Å²) in [5.74, 6) is 2.17. The summed E-state index contributed by atoms with van der Waals surface area (Å²) in [6, 6.07) is 7.90. The molecular weight excluding hydrogens is 250 g/mol. The molecule has 0 fully saturated rings. The second kappa shape index (κ2) is 6.37. The lowest BCUT2D eigenvalue weighted by Gasteiger charge is -2.13. The van der Waals surface area contributed by atoms with Gasteiger partial charge in [0.2, 0.25) is 0 Å². The number of aromatic nitrogens is 2. The molecule has 0 unspecified atom stereocenters. The van der Waals surface area contributed by atoms with Crippen molar-refractivity contribution in [1.82, 2.24) is 9.97 Å². The zero-order chi connectivity index (χ0) is 14.5. The van der Waals surface area contributed by atoms with Crippen LogP contribution in [0.3, 0.4) is 0 Å². The molecule has 0 saturated carbocycles. The quantitative estimate of drug-likeness (QED) is 0.905. The Morgan fingerprint density at radius 1 is 1.15 bits per heavy atom. The molecule has 20 heavy (non-hydrogen) atoms. The number of hydrogen-bond donors (Lipinski definition) is 1. The van der Waals surface area contributed by atoms with Crippen LogP contribution in [0.2, 0.25) is 0 Å². The van der Waals surface area contributed by atoms with Crippen LogP contribution >= 0.6 is 0 Å². The van der Waals surface area contributed by atoms with Gasteiger partial charge in [0.25, 0.3) is 0 Å². The number of ether oxygens (including phenoxy) is 1. The Morgan fingerprint density at radius 2 is 1.90 bits per heavy atom. The number of anilines is 1. The number of para-hydroxylation sites is 1. The lowest BCUT2D eigenvalue weighted by atomic mass is 10.1. The third-order valence-electron chi connectivity index (χ3n) is 3.15. The summed E-state index contributed by atoms with van der Waals surface area (Å²) >= 11 is 0. The number of benzene rings is 1. The number of nitrogens with two attached hydrogens (primary N) is 1. The summed E-state index contributed by atoms with van der Waals surface area (Å²) in [5, 5.41) is 0. The van der Waals surface area contributed by atoms with Crippen molar-refractivity contribution in [1.29, 1.82) is 0 Å². The number of aryl methyl sites for hydroxylation is 1. The fourth-order valence-corrected chi connectivity index (χ4v) is 2.12. The first kappa shape index (κ1) is 14.3. The molecule has 2 rings (SSSR count). The first-order valence-corrected chi connectivity index (χ1v) is 7.02. The highest BCUT2D eigenvalue weighted by Gasteiger charge is 2.14. The molecule has 1 aromatic heterocycles. The van der Waals surface area contributed by atoms with Crippen LogP contribution in [0, 0.1) is 6.92 Å². The second-order valence-corrected chi connectivity index (χ2v) is 4.68. The predicted molar refractivity (Wildman–Crippen MR) is 81.8 cm³/mol. The van der Waals surface area contributed by atoms with Crippen LogP contribution in [-0.2, 0) is 6.42 Å². The monoisotopic (exact) mass is 271 g/mol. The van der Waals surface area contributed by atoms with Crippen LogP contribution in [0.25, 0.3) is 11.3 Å². The van der Waals surface area contributed by atoms with Gasteiger partial charge in [0.05, 0.1) is 12.3 Å². The van der Waals surface area contributed by atoms with Crippen LogP contribution in [0.5, 0.6) is 5.75 Å². The minimum Gasteiger partial charge on any atom is -0.493 e. The van der Waals surface area contributed by atoms with Gasteiger partial charge in [0.15, 0.2) is 0 Å². The molecule has 0 amide bonds. The van der Waals surface area contributed by atoms with E-state index in [1.165, 1.54) is 0 Å². The first-order chi connectivity index (χ1) is 9.67. The molecular formula is C16H21N3O. The van der Waals surface area contributed by atoms with Gasteiger partial charge in [-0.05, 0) is 32.4 Å². The van der Waals surface area contributed by atoms with Gasteiger partial charge in [-0.3, -0.25) is 0 Å². The molecule has 2 N–H and O–H groups in total. The molecule has 4 nitrogen and oxygen atoms in total. The van der Waals surface area contributed by atoms with E-state index in [9.17, 15) is 0 Å². The zero-order valence-corrected chi connectivity index (χ0v) is 12.3. The van der Waals surface area contributed by atoms with Crippen molar-refractivity contribution in [3.63, 3.8) is 0 Å². The average Bonchev–Trinajstić information content (AvgIpc) is 2.44. The van der Waals surface area contributed by atoms with E-state index in [1.807, 2.05) is 38.1 Å². The van der Waals surface area contributed by atoms with E-state index in [1.54, 1.807) is 0 Å². The third-order valence-corrected chi connectivity index (χ3v) is 3.15. The topological polar surface area (TPSA) is 61.0 Å². The van der Waals surface area contributed by atoms with Crippen molar-refractivity contribution in [3.05, 3.63) is 35.7 Å². The Bertz CT molecular complexity index is 596. The highest BCUT2D eigenvalue weighted by Crippen LogP contribution is 2.32. The largest absolute Gasteiger partial charge is 0.493 e. The average molecular weight is 271 g/mol. The van der Waals surface area contributed by atoms with Gasteiger partial charge in [-0.1, -0.05) is 19.1 Å². The summed E-state index contributed by atoms with van der Waals surface area (Å²) in [4.78, 5) is 9.02. The van der Waals surface area contributed by atoms with E-state index in [0.29, 0.717) is 12.4 Å². The lowest BCUT2D eigenvalue weighted by molar-refractivity contribution is 0.341. The standard InChI is InChI=1S/C16H21N3O/c1-4-8-14-18-15(11(3)16(17)19-14)12-9-6-7-10-13(12)20-5-2/h6-7,9-10H,4-5,8H2,1-3H3,(H2,17,18,19). The van der Waals surface area contributed by atoms with E-state index in [0.717, 1.165) is 41.2 Å². The number of nitrogens with zero attached hydrogens (tertiary/aromatic N) is 2. The maximum atomic E-state index is 6.02. The Balaban J connectivity index is 2.56. The van der Waals surface area contributed by atoms with Crippen LogP contribution in [0.4, 0.5) is 5.82 Å². The molecule has 0 saturated heterocycles. The van der Waals surface area contributed by atoms with E-state index < -0.39 is 0 Å². The molecule has 106 valence electrons. The molecule has 0 bridgehead atoms. The SMILES string of the molecule is CCCc1nc(N)c(C)c(-c2ccccc2OCC)n1. The maximum Gasteiger partial charge on any atom is 0.131 e. The minimum absolute atomic E-state index is 0.546. The molecule has 0 spiro atoms. The molecule has 1 aromatic carbocycles. The Kier molecular flexibility index (Phi) is 4.56. The van der Waals surface area contributed by atoms with Crippen molar-refractivity contribution in [2.75, 3.05) is 12.3 Å². The summed E-state index contributed by atoms with van der Waals surface area (Å²) < 4.78 is 5.68. The van der Waals surface area contributed by atoms with Crippen molar-refractivity contribution >= 4 is 5.82 Å².